The third kappa shape index (κ3) is 7.82. The van der Waals surface area contributed by atoms with Gasteiger partial charge in [-0.25, -0.2) is 14.5 Å². The zero-order valence-electron chi connectivity index (χ0n) is 27.6. The first kappa shape index (κ1) is 31.8. The van der Waals surface area contributed by atoms with Gasteiger partial charge >= 0.3 is 6.09 Å². The van der Waals surface area contributed by atoms with Gasteiger partial charge in [0.25, 0.3) is 0 Å². The number of hydrogen-bond donors (Lipinski definition) is 1. The van der Waals surface area contributed by atoms with Gasteiger partial charge in [0, 0.05) is 37.6 Å². The Kier molecular flexibility index (Phi) is 9.29. The molecule has 0 saturated carbocycles. The maximum Gasteiger partial charge on any atom is 0.410 e. The Hall–Kier alpha value is -5.12. The number of piperidine rings is 1. The molecule has 0 radical (unpaired) electrons. The highest BCUT2D eigenvalue weighted by Crippen LogP contribution is 2.35. The summed E-state index contributed by atoms with van der Waals surface area (Å²) in [4.78, 5) is 24.1. The summed E-state index contributed by atoms with van der Waals surface area (Å²) >= 11 is 0. The van der Waals surface area contributed by atoms with E-state index in [0.717, 1.165) is 45.7 Å². The Balaban J connectivity index is 1.22. The van der Waals surface area contributed by atoms with Crippen LogP contribution in [0.25, 0.3) is 22.3 Å². The van der Waals surface area contributed by atoms with Gasteiger partial charge in [-0.3, -0.25) is 0 Å². The van der Waals surface area contributed by atoms with Crippen molar-refractivity contribution in [1.29, 1.82) is 0 Å². The minimum Gasteiger partial charge on any atom is -0.473 e. The van der Waals surface area contributed by atoms with E-state index in [-0.39, 0.29) is 18.1 Å². The number of anilines is 1. The van der Waals surface area contributed by atoms with Gasteiger partial charge in [-0.15, -0.1) is 0 Å². The van der Waals surface area contributed by atoms with Gasteiger partial charge in [-0.1, -0.05) is 67.6 Å². The fourth-order valence-electron chi connectivity index (χ4n) is 5.70. The summed E-state index contributed by atoms with van der Waals surface area (Å²) in [5.74, 6) is 1.89. The van der Waals surface area contributed by atoms with E-state index in [4.69, 9.17) is 29.3 Å². The lowest BCUT2D eigenvalue weighted by atomic mass is 9.94. The molecule has 1 fully saturated rings. The van der Waals surface area contributed by atoms with E-state index in [1.807, 2.05) is 113 Å². The minimum absolute atomic E-state index is 0.164. The second kappa shape index (κ2) is 13.7. The summed E-state index contributed by atoms with van der Waals surface area (Å²) in [6.45, 7) is 9.81. The minimum atomic E-state index is -0.514. The van der Waals surface area contributed by atoms with Crippen molar-refractivity contribution in [2.45, 2.75) is 59.0 Å². The van der Waals surface area contributed by atoms with E-state index in [9.17, 15) is 4.79 Å². The molecule has 1 aliphatic rings. The van der Waals surface area contributed by atoms with Crippen LogP contribution in [0.1, 0.15) is 45.2 Å². The summed E-state index contributed by atoms with van der Waals surface area (Å²) < 4.78 is 19.7. The molecule has 2 atom stereocenters. The summed E-state index contributed by atoms with van der Waals surface area (Å²) in [5, 5.41) is 9.36. The average Bonchev–Trinajstić information content (AvgIpc) is 3.39. The van der Waals surface area contributed by atoms with Crippen LogP contribution in [0, 0.1) is 5.92 Å². The lowest BCUT2D eigenvalue weighted by Crippen LogP contribution is -2.49. The lowest BCUT2D eigenvalue weighted by molar-refractivity contribution is 0.0165. The molecule has 244 valence electrons. The summed E-state index contributed by atoms with van der Waals surface area (Å²) in [6.07, 6.45) is 0.533. The van der Waals surface area contributed by atoms with Gasteiger partial charge in [0.15, 0.2) is 5.65 Å². The molecule has 6 rings (SSSR count). The maximum absolute atomic E-state index is 12.6. The summed E-state index contributed by atoms with van der Waals surface area (Å²) in [6, 6.07) is 28.0. The fourth-order valence-corrected chi connectivity index (χ4v) is 5.70. The molecule has 1 amide bonds. The van der Waals surface area contributed by atoms with Crippen molar-refractivity contribution in [3.8, 4) is 23.0 Å². The number of pyridine rings is 2. The largest absolute Gasteiger partial charge is 0.473 e. The van der Waals surface area contributed by atoms with Crippen LogP contribution in [0.15, 0.2) is 84.9 Å². The SMILES string of the molecule is C[C@@H]1CN(C(=O)OC(C)(C)C)CC[C@H]1Nc1ccc2c(-c3ccc(OCc4ccccc4)nc3OCc3ccccc3)nn(C)c2n1. The van der Waals surface area contributed by atoms with Crippen LogP contribution < -0.4 is 14.8 Å². The molecule has 0 bridgehead atoms. The highest BCUT2D eigenvalue weighted by atomic mass is 16.6. The Morgan fingerprint density at radius 1 is 0.894 bits per heavy atom. The predicted molar refractivity (Wildman–Crippen MR) is 182 cm³/mol. The van der Waals surface area contributed by atoms with E-state index in [2.05, 4.69) is 12.2 Å². The molecule has 1 aliphatic heterocycles. The van der Waals surface area contributed by atoms with Crippen molar-refractivity contribution in [1.82, 2.24) is 24.6 Å². The number of fused-ring (bicyclic) bond motifs is 1. The topological polar surface area (TPSA) is 104 Å². The average molecular weight is 635 g/mol. The van der Waals surface area contributed by atoms with Crippen molar-refractivity contribution in [3.05, 3.63) is 96.1 Å². The molecule has 3 aromatic heterocycles. The van der Waals surface area contributed by atoms with Crippen LogP contribution in [-0.4, -0.2) is 55.5 Å². The van der Waals surface area contributed by atoms with Crippen LogP contribution in [0.5, 0.6) is 11.8 Å². The Bertz CT molecular complexity index is 1820. The number of likely N-dealkylation sites (tertiary alicyclic amines) is 1. The number of aromatic nitrogens is 4. The van der Waals surface area contributed by atoms with E-state index in [1.165, 1.54) is 0 Å². The zero-order valence-corrected chi connectivity index (χ0v) is 27.6. The molecule has 47 heavy (non-hydrogen) atoms. The first-order valence-electron chi connectivity index (χ1n) is 16.1. The third-order valence-corrected chi connectivity index (χ3v) is 8.11. The Morgan fingerprint density at radius 3 is 2.23 bits per heavy atom. The smallest absolute Gasteiger partial charge is 0.410 e. The predicted octanol–water partition coefficient (Wildman–Crippen LogP) is 7.25. The van der Waals surface area contributed by atoms with Crippen molar-refractivity contribution < 1.29 is 19.0 Å². The molecule has 1 saturated heterocycles. The van der Waals surface area contributed by atoms with E-state index in [1.54, 1.807) is 9.58 Å². The van der Waals surface area contributed by atoms with Crippen molar-refractivity contribution in [2.75, 3.05) is 18.4 Å². The van der Waals surface area contributed by atoms with Gasteiger partial charge in [-0.05, 0) is 62.4 Å². The molecular formula is C37H42N6O4. The maximum atomic E-state index is 12.6. The van der Waals surface area contributed by atoms with Crippen LogP contribution >= 0.6 is 0 Å². The van der Waals surface area contributed by atoms with Crippen LogP contribution in [0.3, 0.4) is 0 Å². The van der Waals surface area contributed by atoms with Crippen LogP contribution in [-0.2, 0) is 25.0 Å². The molecular weight excluding hydrogens is 592 g/mol. The number of amides is 1. The number of aryl methyl sites for hydroxylation is 1. The zero-order chi connectivity index (χ0) is 33.0. The number of carbonyl (C=O) groups excluding carboxylic acids is 1. The highest BCUT2D eigenvalue weighted by Gasteiger charge is 2.31. The van der Waals surface area contributed by atoms with Crippen LogP contribution in [0.4, 0.5) is 10.6 Å². The van der Waals surface area contributed by atoms with E-state index in [0.29, 0.717) is 38.1 Å². The van der Waals surface area contributed by atoms with Gasteiger partial charge in [0.05, 0.1) is 5.56 Å². The standard InChI is InChI=1S/C37H42N6O4/c1-25-22-43(36(44)47-37(2,3)4)21-20-30(25)38-31-18-16-28-33(41-42(5)34(28)39-31)29-17-19-32(45-23-26-12-8-6-9-13-26)40-35(29)46-24-27-14-10-7-11-15-27/h6-19,25,30H,20-24H2,1-5H3,(H,38,39)/t25-,30-/m1/s1. The first-order valence-corrected chi connectivity index (χ1v) is 16.1. The monoisotopic (exact) mass is 634 g/mol. The Labute approximate surface area is 275 Å². The third-order valence-electron chi connectivity index (χ3n) is 8.11. The molecule has 0 aliphatic carbocycles. The number of benzene rings is 2. The van der Waals surface area contributed by atoms with E-state index < -0.39 is 5.60 Å². The van der Waals surface area contributed by atoms with Crippen molar-refractivity contribution in [2.24, 2.45) is 13.0 Å². The fraction of sp³-hybridized carbons (Fsp3) is 0.351. The second-order valence-electron chi connectivity index (χ2n) is 13.0. The van der Waals surface area contributed by atoms with Gasteiger partial charge < -0.3 is 24.4 Å². The number of nitrogens with one attached hydrogen (secondary N) is 1. The number of ether oxygens (including phenoxy) is 3. The number of nitrogens with zero attached hydrogens (tertiary/aromatic N) is 5. The van der Waals surface area contributed by atoms with Gasteiger partial charge in [0.1, 0.15) is 30.3 Å². The molecule has 1 N–H and O–H groups in total. The van der Waals surface area contributed by atoms with Crippen LogP contribution in [0.2, 0.25) is 0 Å². The molecule has 0 spiro atoms. The van der Waals surface area contributed by atoms with Crippen molar-refractivity contribution in [3.63, 3.8) is 0 Å². The Morgan fingerprint density at radius 2 is 1.57 bits per heavy atom. The first-order chi connectivity index (χ1) is 22.6. The van der Waals surface area contributed by atoms with Gasteiger partial charge in [-0.2, -0.15) is 10.1 Å². The highest BCUT2D eigenvalue weighted by molar-refractivity contribution is 5.93. The summed E-state index contributed by atoms with van der Waals surface area (Å²) in [7, 11) is 1.89. The molecule has 2 aromatic carbocycles. The molecule has 5 aromatic rings. The van der Waals surface area contributed by atoms with E-state index >= 15 is 0 Å². The summed E-state index contributed by atoms with van der Waals surface area (Å²) in [5.41, 5.74) is 3.79. The number of rotatable bonds is 9. The molecule has 10 nitrogen and oxygen atoms in total. The lowest BCUT2D eigenvalue weighted by Gasteiger charge is -2.38. The van der Waals surface area contributed by atoms with Gasteiger partial charge in [0.2, 0.25) is 11.8 Å². The second-order valence-corrected chi connectivity index (χ2v) is 13.0. The molecule has 4 heterocycles. The normalized spacial score (nSPS) is 16.6. The number of hydrogen-bond acceptors (Lipinski definition) is 8. The van der Waals surface area contributed by atoms with Crippen molar-refractivity contribution >= 4 is 22.9 Å². The molecule has 10 heteroatoms. The quantitative estimate of drug-likeness (QED) is 0.181. The number of carbonyl (C=O) groups is 1. The molecule has 0 unspecified atom stereocenters.